The molecule has 0 unspecified atom stereocenters. The lowest BCUT2D eigenvalue weighted by atomic mass is 9.88. The fourth-order valence-electron chi connectivity index (χ4n) is 2.48. The van der Waals surface area contributed by atoms with Crippen molar-refractivity contribution in [3.63, 3.8) is 0 Å². The van der Waals surface area contributed by atoms with Gasteiger partial charge >= 0.3 is 0 Å². The Hall–Kier alpha value is -0.590. The van der Waals surface area contributed by atoms with Gasteiger partial charge < -0.3 is 0 Å². The zero-order valence-corrected chi connectivity index (χ0v) is 9.30. The summed E-state index contributed by atoms with van der Waals surface area (Å²) in [7, 11) is 0. The summed E-state index contributed by atoms with van der Waals surface area (Å²) in [6, 6.07) is 0. The maximum atomic E-state index is 11.6. The molecule has 1 nitrogen and oxygen atoms in total. The van der Waals surface area contributed by atoms with Gasteiger partial charge in [0.1, 0.15) is 5.78 Å². The molecule has 0 heterocycles. The summed E-state index contributed by atoms with van der Waals surface area (Å²) >= 11 is 0. The smallest absolute Gasteiger partial charge is 0.136 e. The molecule has 0 saturated heterocycles. The molecule has 0 bridgehead atoms. The van der Waals surface area contributed by atoms with E-state index in [9.17, 15) is 4.79 Å². The van der Waals surface area contributed by atoms with Crippen molar-refractivity contribution < 1.29 is 4.79 Å². The summed E-state index contributed by atoms with van der Waals surface area (Å²) in [5, 5.41) is 0. The van der Waals surface area contributed by atoms with E-state index >= 15 is 0 Å². The van der Waals surface area contributed by atoms with Gasteiger partial charge in [0.2, 0.25) is 0 Å². The van der Waals surface area contributed by atoms with Crippen LogP contribution in [0, 0.1) is 11.8 Å². The first-order valence-electron chi connectivity index (χ1n) is 5.93. The lowest BCUT2D eigenvalue weighted by molar-refractivity contribution is -0.121. The third-order valence-corrected chi connectivity index (χ3v) is 3.33. The SMILES string of the molecule is C=CC[C@@H]1CCC(=O)[C@H]1CCCCC. The fourth-order valence-corrected chi connectivity index (χ4v) is 2.48. The molecule has 0 aromatic carbocycles. The summed E-state index contributed by atoms with van der Waals surface area (Å²) in [5.41, 5.74) is 0. The predicted octanol–water partition coefficient (Wildman–Crippen LogP) is 3.74. The van der Waals surface area contributed by atoms with E-state index in [0.717, 1.165) is 25.7 Å². The highest BCUT2D eigenvalue weighted by atomic mass is 16.1. The lowest BCUT2D eigenvalue weighted by Crippen LogP contribution is -2.14. The molecule has 2 atom stereocenters. The number of hydrogen-bond acceptors (Lipinski definition) is 1. The molecule has 14 heavy (non-hydrogen) atoms. The Morgan fingerprint density at radius 2 is 2.29 bits per heavy atom. The van der Waals surface area contributed by atoms with Crippen LogP contribution in [0.2, 0.25) is 0 Å². The van der Waals surface area contributed by atoms with Gasteiger partial charge in [0.15, 0.2) is 0 Å². The Morgan fingerprint density at radius 3 is 2.93 bits per heavy atom. The Balaban J connectivity index is 2.36. The van der Waals surface area contributed by atoms with Crippen molar-refractivity contribution in [3.8, 4) is 0 Å². The van der Waals surface area contributed by atoms with Crippen molar-refractivity contribution >= 4 is 5.78 Å². The third kappa shape index (κ3) is 2.97. The molecule has 1 aliphatic carbocycles. The molecule has 0 aliphatic heterocycles. The highest BCUT2D eigenvalue weighted by molar-refractivity contribution is 5.83. The molecule has 0 N–H and O–H groups in total. The van der Waals surface area contributed by atoms with E-state index in [1.165, 1.54) is 19.3 Å². The molecule has 1 aliphatic rings. The van der Waals surface area contributed by atoms with E-state index in [0.29, 0.717) is 17.6 Å². The molecule has 0 radical (unpaired) electrons. The molecule has 0 amide bonds. The van der Waals surface area contributed by atoms with Crippen LogP contribution >= 0.6 is 0 Å². The standard InChI is InChI=1S/C13H22O/c1-3-5-6-8-12-11(7-4-2)9-10-13(12)14/h4,11-12H,2-3,5-10H2,1H3/t11-,12+/m1/s1. The average Bonchev–Trinajstić information content (AvgIpc) is 2.50. The van der Waals surface area contributed by atoms with Crippen LogP contribution in [0.5, 0.6) is 0 Å². The second-order valence-electron chi connectivity index (χ2n) is 4.39. The number of hydrogen-bond donors (Lipinski definition) is 0. The van der Waals surface area contributed by atoms with Crippen LogP contribution in [-0.4, -0.2) is 5.78 Å². The molecule has 0 aromatic rings. The molecular formula is C13H22O. The summed E-state index contributed by atoms with van der Waals surface area (Å²) < 4.78 is 0. The number of rotatable bonds is 6. The number of ketones is 1. The minimum atomic E-state index is 0.361. The van der Waals surface area contributed by atoms with E-state index in [1.54, 1.807) is 0 Å². The predicted molar refractivity (Wildman–Crippen MR) is 60.2 cm³/mol. The number of Topliss-reactive ketones (excluding diaryl/α,β-unsaturated/α-hetero) is 1. The summed E-state index contributed by atoms with van der Waals surface area (Å²) in [4.78, 5) is 11.6. The number of allylic oxidation sites excluding steroid dienone is 1. The zero-order chi connectivity index (χ0) is 10.4. The van der Waals surface area contributed by atoms with Crippen molar-refractivity contribution in [1.82, 2.24) is 0 Å². The van der Waals surface area contributed by atoms with Gasteiger partial charge in [0.25, 0.3) is 0 Å². The van der Waals surface area contributed by atoms with Crippen LogP contribution in [0.3, 0.4) is 0 Å². The van der Waals surface area contributed by atoms with Crippen LogP contribution in [0.25, 0.3) is 0 Å². The second-order valence-corrected chi connectivity index (χ2v) is 4.39. The lowest BCUT2D eigenvalue weighted by Gasteiger charge is -2.16. The number of carbonyl (C=O) groups is 1. The molecule has 1 saturated carbocycles. The Kier molecular flexibility index (Phi) is 4.92. The van der Waals surface area contributed by atoms with Crippen molar-refractivity contribution in [1.29, 1.82) is 0 Å². The molecule has 1 fully saturated rings. The summed E-state index contributed by atoms with van der Waals surface area (Å²) in [6.45, 7) is 5.97. The Labute approximate surface area is 87.6 Å². The molecule has 0 spiro atoms. The molecule has 0 aromatic heterocycles. The maximum Gasteiger partial charge on any atom is 0.136 e. The Morgan fingerprint density at radius 1 is 1.50 bits per heavy atom. The average molecular weight is 194 g/mol. The van der Waals surface area contributed by atoms with Gasteiger partial charge in [-0.05, 0) is 25.2 Å². The van der Waals surface area contributed by atoms with Crippen LogP contribution in [0.1, 0.15) is 51.9 Å². The van der Waals surface area contributed by atoms with E-state index < -0.39 is 0 Å². The van der Waals surface area contributed by atoms with Gasteiger partial charge in [0.05, 0.1) is 0 Å². The van der Waals surface area contributed by atoms with Crippen molar-refractivity contribution in [2.24, 2.45) is 11.8 Å². The fraction of sp³-hybridized carbons (Fsp3) is 0.769. The maximum absolute atomic E-state index is 11.6. The zero-order valence-electron chi connectivity index (χ0n) is 9.30. The minimum absolute atomic E-state index is 0.361. The van der Waals surface area contributed by atoms with E-state index in [-0.39, 0.29) is 0 Å². The highest BCUT2D eigenvalue weighted by Crippen LogP contribution is 2.34. The normalized spacial score (nSPS) is 26.8. The third-order valence-electron chi connectivity index (χ3n) is 3.33. The molecule has 1 rings (SSSR count). The first-order chi connectivity index (χ1) is 6.79. The number of unbranched alkanes of at least 4 members (excludes halogenated alkanes) is 2. The first-order valence-corrected chi connectivity index (χ1v) is 5.93. The van der Waals surface area contributed by atoms with Crippen molar-refractivity contribution in [2.75, 3.05) is 0 Å². The van der Waals surface area contributed by atoms with Gasteiger partial charge in [-0.1, -0.05) is 32.3 Å². The quantitative estimate of drug-likeness (QED) is 0.465. The van der Waals surface area contributed by atoms with Crippen LogP contribution in [-0.2, 0) is 4.79 Å². The van der Waals surface area contributed by atoms with Gasteiger partial charge in [-0.2, -0.15) is 0 Å². The second kappa shape index (κ2) is 6.00. The van der Waals surface area contributed by atoms with E-state index in [1.807, 2.05) is 6.08 Å². The van der Waals surface area contributed by atoms with Crippen LogP contribution in [0.4, 0.5) is 0 Å². The highest BCUT2D eigenvalue weighted by Gasteiger charge is 2.32. The molecule has 80 valence electrons. The minimum Gasteiger partial charge on any atom is -0.299 e. The number of carbonyl (C=O) groups excluding carboxylic acids is 1. The van der Waals surface area contributed by atoms with Gasteiger partial charge in [-0.25, -0.2) is 0 Å². The summed E-state index contributed by atoms with van der Waals surface area (Å²) in [6.07, 6.45) is 9.76. The topological polar surface area (TPSA) is 17.1 Å². The first kappa shape index (κ1) is 11.5. The van der Waals surface area contributed by atoms with Crippen molar-refractivity contribution in [3.05, 3.63) is 12.7 Å². The van der Waals surface area contributed by atoms with E-state index in [4.69, 9.17) is 0 Å². The van der Waals surface area contributed by atoms with Crippen LogP contribution in [0.15, 0.2) is 12.7 Å². The van der Waals surface area contributed by atoms with Crippen molar-refractivity contribution in [2.45, 2.75) is 51.9 Å². The largest absolute Gasteiger partial charge is 0.299 e. The van der Waals surface area contributed by atoms with Gasteiger partial charge in [-0.15, -0.1) is 6.58 Å². The Bertz CT molecular complexity index is 195. The monoisotopic (exact) mass is 194 g/mol. The van der Waals surface area contributed by atoms with E-state index in [2.05, 4.69) is 13.5 Å². The molecular weight excluding hydrogens is 172 g/mol. The van der Waals surface area contributed by atoms with Gasteiger partial charge in [-0.3, -0.25) is 4.79 Å². The summed E-state index contributed by atoms with van der Waals surface area (Å²) in [5.74, 6) is 1.48. The molecule has 1 heteroatoms. The van der Waals surface area contributed by atoms with Gasteiger partial charge in [0, 0.05) is 12.3 Å². The van der Waals surface area contributed by atoms with Crippen LogP contribution < -0.4 is 0 Å².